The van der Waals surface area contributed by atoms with Gasteiger partial charge in [0.2, 0.25) is 11.8 Å². The minimum atomic E-state index is -1.12. The van der Waals surface area contributed by atoms with Gasteiger partial charge in [0.15, 0.2) is 0 Å². The Balaban J connectivity index is 1.67. The van der Waals surface area contributed by atoms with Crippen LogP contribution in [0, 0.1) is 0 Å². The Morgan fingerprint density at radius 2 is 2.07 bits per heavy atom. The summed E-state index contributed by atoms with van der Waals surface area (Å²) in [7, 11) is 0. The monoisotopic (exact) mass is 388 g/mol. The third-order valence-electron chi connectivity index (χ3n) is 4.38. The summed E-state index contributed by atoms with van der Waals surface area (Å²) in [5.74, 6) is -3.10. The second kappa shape index (κ2) is 7.30. The lowest BCUT2D eigenvalue weighted by molar-refractivity contribution is -0.159. The van der Waals surface area contributed by atoms with Crippen molar-refractivity contribution in [3.8, 4) is 0 Å². The lowest BCUT2D eigenvalue weighted by Crippen LogP contribution is -2.70. The first-order chi connectivity index (χ1) is 12.8. The SMILES string of the molecule is C=C=C[C@H]1S[C@H]2C(NC(=O)Cc3cccc(C(=O)O)c3)C(=O)N2C1C(=O)O. The molecule has 2 saturated heterocycles. The zero-order valence-corrected chi connectivity index (χ0v) is 14.8. The normalized spacial score (nSPS) is 25.8. The number of carboxylic acid groups (broad SMARTS) is 2. The quantitative estimate of drug-likeness (QED) is 0.479. The molecular formula is C18H16N2O6S. The van der Waals surface area contributed by atoms with Crippen LogP contribution in [-0.4, -0.2) is 61.6 Å². The molecule has 2 aliphatic heterocycles. The molecule has 3 N–H and O–H groups in total. The van der Waals surface area contributed by atoms with Crippen LogP contribution >= 0.6 is 11.8 Å². The van der Waals surface area contributed by atoms with Crippen LogP contribution in [0.5, 0.6) is 0 Å². The van der Waals surface area contributed by atoms with Crippen molar-refractivity contribution in [1.29, 1.82) is 0 Å². The third kappa shape index (κ3) is 3.47. The van der Waals surface area contributed by atoms with Gasteiger partial charge in [-0.15, -0.1) is 17.5 Å². The molecule has 0 radical (unpaired) electrons. The van der Waals surface area contributed by atoms with E-state index in [1.54, 1.807) is 12.1 Å². The Labute approximate surface area is 158 Å². The van der Waals surface area contributed by atoms with Crippen molar-refractivity contribution < 1.29 is 29.4 Å². The summed E-state index contributed by atoms with van der Waals surface area (Å²) in [4.78, 5) is 48.3. The van der Waals surface area contributed by atoms with Gasteiger partial charge in [-0.1, -0.05) is 18.7 Å². The second-order valence-electron chi connectivity index (χ2n) is 6.12. The van der Waals surface area contributed by atoms with E-state index in [0.29, 0.717) is 5.56 Å². The summed E-state index contributed by atoms with van der Waals surface area (Å²) in [6, 6.07) is 4.16. The molecule has 3 rings (SSSR count). The molecule has 4 atom stereocenters. The topological polar surface area (TPSA) is 124 Å². The highest BCUT2D eigenvalue weighted by Crippen LogP contribution is 2.44. The van der Waals surface area contributed by atoms with Gasteiger partial charge in [0, 0.05) is 0 Å². The van der Waals surface area contributed by atoms with E-state index in [-0.39, 0.29) is 12.0 Å². The van der Waals surface area contributed by atoms with Crippen molar-refractivity contribution in [3.63, 3.8) is 0 Å². The largest absolute Gasteiger partial charge is 0.480 e. The Bertz CT molecular complexity index is 878. The minimum Gasteiger partial charge on any atom is -0.480 e. The Morgan fingerprint density at radius 1 is 1.33 bits per heavy atom. The molecule has 1 aromatic carbocycles. The average molecular weight is 388 g/mol. The van der Waals surface area contributed by atoms with Crippen LogP contribution in [0.3, 0.4) is 0 Å². The number of carbonyl (C=O) groups is 4. The molecule has 140 valence electrons. The van der Waals surface area contributed by atoms with Crippen molar-refractivity contribution >= 4 is 35.5 Å². The fourth-order valence-electron chi connectivity index (χ4n) is 3.18. The number of benzene rings is 1. The molecule has 2 amide bonds. The zero-order valence-electron chi connectivity index (χ0n) is 14.0. The summed E-state index contributed by atoms with van der Waals surface area (Å²) in [5.41, 5.74) is 3.12. The van der Waals surface area contributed by atoms with Crippen LogP contribution in [0.4, 0.5) is 0 Å². The van der Waals surface area contributed by atoms with Gasteiger partial charge >= 0.3 is 11.9 Å². The highest BCUT2D eigenvalue weighted by Gasteiger charge is 2.60. The summed E-state index contributed by atoms with van der Waals surface area (Å²) in [6.45, 7) is 3.44. The average Bonchev–Trinajstić information content (AvgIpc) is 2.96. The first-order valence-electron chi connectivity index (χ1n) is 8.01. The Kier molecular flexibility index (Phi) is 5.07. The number of nitrogens with zero attached hydrogens (tertiary/aromatic N) is 1. The van der Waals surface area contributed by atoms with Crippen LogP contribution in [0.15, 0.2) is 42.7 Å². The minimum absolute atomic E-state index is 0.0703. The lowest BCUT2D eigenvalue weighted by atomic mass is 10.0. The maximum Gasteiger partial charge on any atom is 0.335 e. The molecule has 2 fully saturated rings. The summed E-state index contributed by atoms with van der Waals surface area (Å²) >= 11 is 1.26. The Hall–Kier alpha value is -3.03. The van der Waals surface area contributed by atoms with E-state index < -0.39 is 46.5 Å². The van der Waals surface area contributed by atoms with Crippen LogP contribution < -0.4 is 5.32 Å². The maximum absolute atomic E-state index is 12.3. The number of aliphatic carboxylic acids is 1. The molecule has 0 saturated carbocycles. The molecule has 8 nitrogen and oxygen atoms in total. The lowest BCUT2D eigenvalue weighted by Gasteiger charge is -2.43. The molecule has 1 aromatic rings. The summed E-state index contributed by atoms with van der Waals surface area (Å²) < 4.78 is 0. The number of rotatable bonds is 6. The van der Waals surface area contributed by atoms with Gasteiger partial charge in [0.25, 0.3) is 0 Å². The Morgan fingerprint density at radius 3 is 2.70 bits per heavy atom. The predicted octanol–water partition coefficient (Wildman–Crippen LogP) is 0.490. The maximum atomic E-state index is 12.3. The van der Waals surface area contributed by atoms with Crippen molar-refractivity contribution in [2.45, 2.75) is 29.1 Å². The van der Waals surface area contributed by atoms with Gasteiger partial charge in [-0.25, -0.2) is 9.59 Å². The summed E-state index contributed by atoms with van der Waals surface area (Å²) in [5, 5.41) is 20.0. The van der Waals surface area contributed by atoms with E-state index in [0.717, 1.165) is 0 Å². The van der Waals surface area contributed by atoms with Crippen LogP contribution in [0.1, 0.15) is 15.9 Å². The smallest absolute Gasteiger partial charge is 0.335 e. The second-order valence-corrected chi connectivity index (χ2v) is 7.42. The van der Waals surface area contributed by atoms with Gasteiger partial charge in [-0.05, 0) is 23.8 Å². The van der Waals surface area contributed by atoms with E-state index in [9.17, 15) is 24.3 Å². The van der Waals surface area contributed by atoms with Gasteiger partial charge in [0.05, 0.1) is 17.2 Å². The number of thioether (sulfide) groups is 1. The fraction of sp³-hybridized carbons (Fsp3) is 0.278. The zero-order chi connectivity index (χ0) is 19.7. The third-order valence-corrected chi connectivity index (χ3v) is 5.86. The number of hydrogen-bond acceptors (Lipinski definition) is 5. The van der Waals surface area contributed by atoms with E-state index in [4.69, 9.17) is 5.11 Å². The molecule has 0 bridgehead atoms. The van der Waals surface area contributed by atoms with Crippen molar-refractivity contribution in [2.24, 2.45) is 0 Å². The number of carbonyl (C=O) groups excluding carboxylic acids is 2. The number of amides is 2. The molecule has 0 aliphatic carbocycles. The highest BCUT2D eigenvalue weighted by molar-refractivity contribution is 8.01. The predicted molar refractivity (Wildman–Crippen MR) is 96.2 cm³/mol. The van der Waals surface area contributed by atoms with Gasteiger partial charge in [-0.3, -0.25) is 9.59 Å². The van der Waals surface area contributed by atoms with Crippen molar-refractivity contribution in [1.82, 2.24) is 10.2 Å². The van der Waals surface area contributed by atoms with Crippen LogP contribution in [-0.2, 0) is 20.8 Å². The molecule has 2 aliphatic rings. The van der Waals surface area contributed by atoms with E-state index >= 15 is 0 Å². The molecule has 0 spiro atoms. The number of carboxylic acids is 2. The van der Waals surface area contributed by atoms with E-state index in [1.165, 1.54) is 34.9 Å². The number of nitrogens with one attached hydrogen (secondary N) is 1. The van der Waals surface area contributed by atoms with E-state index in [2.05, 4.69) is 17.6 Å². The highest BCUT2D eigenvalue weighted by atomic mass is 32.2. The van der Waals surface area contributed by atoms with Crippen molar-refractivity contribution in [3.05, 3.63) is 53.8 Å². The molecule has 9 heteroatoms. The first kappa shape index (κ1) is 18.8. The number of hydrogen-bond donors (Lipinski definition) is 3. The number of β-lactam (4-membered cyclic amide) rings is 1. The summed E-state index contributed by atoms with van der Waals surface area (Å²) in [6.07, 6.45) is 1.42. The standard InChI is InChI=1S/C18H16N2O6S/c1-2-4-11-14(18(25)26)20-15(22)13(16(20)27-11)19-12(21)8-9-5-3-6-10(7-9)17(23)24/h3-7,11,13-14,16H,1,8H2,(H,19,21)(H,23,24)(H,25,26)/t11-,13?,14?,16+/m1/s1. The molecule has 2 heterocycles. The van der Waals surface area contributed by atoms with Crippen LogP contribution in [0.25, 0.3) is 0 Å². The number of aromatic carboxylic acids is 1. The molecule has 2 unspecified atom stereocenters. The van der Waals surface area contributed by atoms with Crippen molar-refractivity contribution in [2.75, 3.05) is 0 Å². The molecular weight excluding hydrogens is 372 g/mol. The molecule has 0 aromatic heterocycles. The molecule has 27 heavy (non-hydrogen) atoms. The van der Waals surface area contributed by atoms with Gasteiger partial charge < -0.3 is 20.4 Å². The van der Waals surface area contributed by atoms with Gasteiger partial charge in [-0.2, -0.15) is 0 Å². The number of fused-ring (bicyclic) bond motifs is 1. The van der Waals surface area contributed by atoms with Crippen LogP contribution in [0.2, 0.25) is 0 Å². The van der Waals surface area contributed by atoms with E-state index in [1.807, 2.05) is 0 Å². The fourth-order valence-corrected chi connectivity index (χ4v) is 4.78. The first-order valence-corrected chi connectivity index (χ1v) is 8.95. The van der Waals surface area contributed by atoms with Gasteiger partial charge in [0.1, 0.15) is 17.5 Å².